The van der Waals surface area contributed by atoms with Crippen LogP contribution in [-0.4, -0.2) is 18.8 Å². The number of hydrogen-bond acceptors (Lipinski definition) is 4. The lowest BCUT2D eigenvalue weighted by Gasteiger charge is -2.25. The Morgan fingerprint density at radius 3 is 2.62 bits per heavy atom. The van der Waals surface area contributed by atoms with E-state index in [1.54, 1.807) is 13.8 Å². The smallest absolute Gasteiger partial charge is 0.246 e. The fourth-order valence-electron chi connectivity index (χ4n) is 1.95. The normalized spacial score (nSPS) is 12.2. The molecule has 0 saturated heterocycles. The Balaban J connectivity index is 2.45. The molecule has 0 aliphatic rings. The molecule has 0 aliphatic heterocycles. The number of sulfonamides is 1. The highest BCUT2D eigenvalue weighted by atomic mass is 32.2. The number of nitrogens with two attached hydrogens (primary N) is 1. The lowest BCUT2D eigenvalue weighted by Crippen LogP contribution is -2.36. The van der Waals surface area contributed by atoms with Gasteiger partial charge in [0.1, 0.15) is 10.7 Å². The molecule has 4 nitrogen and oxygen atoms in total. The summed E-state index contributed by atoms with van der Waals surface area (Å²) in [5, 5.41) is 1.88. The van der Waals surface area contributed by atoms with Gasteiger partial charge < -0.3 is 5.73 Å². The molecule has 2 N–H and O–H groups in total. The van der Waals surface area contributed by atoms with E-state index < -0.39 is 15.8 Å². The van der Waals surface area contributed by atoms with Gasteiger partial charge in [-0.2, -0.15) is 4.31 Å². The lowest BCUT2D eigenvalue weighted by molar-refractivity contribution is 0.348. The summed E-state index contributed by atoms with van der Waals surface area (Å²) in [7, 11) is -3.94. The van der Waals surface area contributed by atoms with E-state index in [-0.39, 0.29) is 23.2 Å². The van der Waals surface area contributed by atoms with Crippen LogP contribution in [0.3, 0.4) is 0 Å². The largest absolute Gasteiger partial charge is 0.399 e. The number of nitrogens with zero attached hydrogens (tertiary/aromatic N) is 1. The van der Waals surface area contributed by atoms with Gasteiger partial charge >= 0.3 is 0 Å². The van der Waals surface area contributed by atoms with Crippen molar-refractivity contribution in [1.29, 1.82) is 0 Å². The minimum absolute atomic E-state index is 0.214. The second-order valence-electron chi connectivity index (χ2n) is 4.91. The van der Waals surface area contributed by atoms with Gasteiger partial charge in [0.2, 0.25) is 10.0 Å². The third kappa shape index (κ3) is 3.42. The molecule has 0 unspecified atom stereocenters. The SMILES string of the molecule is CC(C)N(Cc1cccs1)S(=O)(=O)c1cc(N)ccc1F. The first-order chi connectivity index (χ1) is 9.82. The monoisotopic (exact) mass is 328 g/mol. The van der Waals surface area contributed by atoms with E-state index in [0.717, 1.165) is 17.0 Å². The van der Waals surface area contributed by atoms with E-state index in [1.165, 1.54) is 21.7 Å². The molecular formula is C14H17FN2O2S2. The predicted molar refractivity (Wildman–Crippen MR) is 83.0 cm³/mol. The van der Waals surface area contributed by atoms with Crippen LogP contribution in [0.1, 0.15) is 18.7 Å². The van der Waals surface area contributed by atoms with Crippen molar-refractivity contribution in [1.82, 2.24) is 4.31 Å². The molecule has 2 rings (SSSR count). The summed E-state index contributed by atoms with van der Waals surface area (Å²) in [5.41, 5.74) is 5.81. The number of hydrogen-bond donors (Lipinski definition) is 1. The maximum atomic E-state index is 13.9. The van der Waals surface area contributed by atoms with Gasteiger partial charge in [-0.1, -0.05) is 6.07 Å². The summed E-state index contributed by atoms with van der Waals surface area (Å²) in [4.78, 5) is 0.518. The van der Waals surface area contributed by atoms with Crippen LogP contribution in [0, 0.1) is 5.82 Å². The first-order valence-corrected chi connectivity index (χ1v) is 8.73. The van der Waals surface area contributed by atoms with Gasteiger partial charge in [-0.05, 0) is 43.5 Å². The zero-order valence-corrected chi connectivity index (χ0v) is 13.4. The molecule has 114 valence electrons. The van der Waals surface area contributed by atoms with Gasteiger partial charge in [0.05, 0.1) is 0 Å². The number of nitrogen functional groups attached to an aromatic ring is 1. The minimum Gasteiger partial charge on any atom is -0.399 e. The number of anilines is 1. The Bertz CT molecular complexity index is 713. The Labute approximate surface area is 128 Å². The molecule has 1 aromatic carbocycles. The van der Waals surface area contributed by atoms with E-state index in [9.17, 15) is 12.8 Å². The number of rotatable bonds is 5. The van der Waals surface area contributed by atoms with Crippen LogP contribution in [-0.2, 0) is 16.6 Å². The van der Waals surface area contributed by atoms with Crippen molar-refractivity contribution in [2.45, 2.75) is 31.3 Å². The maximum absolute atomic E-state index is 13.9. The van der Waals surface area contributed by atoms with E-state index >= 15 is 0 Å². The first-order valence-electron chi connectivity index (χ1n) is 6.41. The topological polar surface area (TPSA) is 63.4 Å². The quantitative estimate of drug-likeness (QED) is 0.858. The van der Waals surface area contributed by atoms with Gasteiger partial charge in [0.15, 0.2) is 0 Å². The first kappa shape index (κ1) is 15.9. The summed E-state index contributed by atoms with van der Waals surface area (Å²) < 4.78 is 40.6. The Morgan fingerprint density at radius 2 is 2.05 bits per heavy atom. The van der Waals surface area contributed by atoms with Gasteiger partial charge in [-0.3, -0.25) is 0 Å². The van der Waals surface area contributed by atoms with Crippen molar-refractivity contribution < 1.29 is 12.8 Å². The molecule has 0 atom stereocenters. The molecule has 0 saturated carbocycles. The summed E-state index contributed by atoms with van der Waals surface area (Å²) in [6, 6.07) is 6.99. The third-order valence-electron chi connectivity index (χ3n) is 3.01. The van der Waals surface area contributed by atoms with Gasteiger partial charge in [-0.25, -0.2) is 12.8 Å². The second kappa shape index (κ2) is 6.13. The summed E-state index contributed by atoms with van der Waals surface area (Å²) in [6.07, 6.45) is 0. The van der Waals surface area contributed by atoms with Crippen LogP contribution >= 0.6 is 11.3 Å². The zero-order chi connectivity index (χ0) is 15.6. The molecule has 0 radical (unpaired) electrons. The fraction of sp³-hybridized carbons (Fsp3) is 0.286. The number of halogens is 1. The molecular weight excluding hydrogens is 311 g/mol. The van der Waals surface area contributed by atoms with Gasteiger partial charge in [0.25, 0.3) is 0 Å². The Morgan fingerprint density at radius 1 is 1.33 bits per heavy atom. The standard InChI is InChI=1S/C14H17FN2O2S2/c1-10(2)17(9-12-4-3-7-20-12)21(18,19)14-8-11(16)5-6-13(14)15/h3-8,10H,9,16H2,1-2H3. The number of thiophene rings is 1. The fourth-order valence-corrected chi connectivity index (χ4v) is 4.45. The molecule has 7 heteroatoms. The molecule has 1 aromatic heterocycles. The molecule has 0 amide bonds. The third-order valence-corrected chi connectivity index (χ3v) is 5.91. The van der Waals surface area contributed by atoms with Gasteiger partial charge in [-0.15, -0.1) is 11.3 Å². The summed E-state index contributed by atoms with van der Waals surface area (Å²) in [6.45, 7) is 3.73. The highest BCUT2D eigenvalue weighted by molar-refractivity contribution is 7.89. The minimum atomic E-state index is -3.94. The highest BCUT2D eigenvalue weighted by Gasteiger charge is 2.30. The van der Waals surface area contributed by atoms with Crippen LogP contribution < -0.4 is 5.73 Å². The lowest BCUT2D eigenvalue weighted by atomic mass is 10.3. The van der Waals surface area contributed by atoms with Crippen molar-refractivity contribution >= 4 is 27.0 Å². The van der Waals surface area contributed by atoms with Crippen molar-refractivity contribution in [2.75, 3.05) is 5.73 Å². The van der Waals surface area contributed by atoms with Crippen LogP contribution in [0.4, 0.5) is 10.1 Å². The summed E-state index contributed by atoms with van der Waals surface area (Å²) in [5.74, 6) is -0.791. The average Bonchev–Trinajstić information content (AvgIpc) is 2.91. The highest BCUT2D eigenvalue weighted by Crippen LogP contribution is 2.26. The molecule has 0 bridgehead atoms. The van der Waals surface area contributed by atoms with Crippen LogP contribution in [0.2, 0.25) is 0 Å². The predicted octanol–water partition coefficient (Wildman–Crippen LogP) is 3.07. The second-order valence-corrected chi connectivity index (χ2v) is 7.80. The molecule has 0 fully saturated rings. The van der Waals surface area contributed by atoms with Crippen LogP contribution in [0.5, 0.6) is 0 Å². The molecule has 21 heavy (non-hydrogen) atoms. The zero-order valence-electron chi connectivity index (χ0n) is 11.8. The van der Waals surface area contributed by atoms with Crippen LogP contribution in [0.25, 0.3) is 0 Å². The number of benzene rings is 1. The Hall–Kier alpha value is -1.44. The molecule has 2 aromatic rings. The summed E-state index contributed by atoms with van der Waals surface area (Å²) >= 11 is 1.46. The van der Waals surface area contributed by atoms with E-state index in [0.29, 0.717) is 0 Å². The van der Waals surface area contributed by atoms with Crippen molar-refractivity contribution in [3.05, 3.63) is 46.4 Å². The van der Waals surface area contributed by atoms with Crippen molar-refractivity contribution in [3.8, 4) is 0 Å². The average molecular weight is 328 g/mol. The van der Waals surface area contributed by atoms with Crippen molar-refractivity contribution in [3.63, 3.8) is 0 Å². The van der Waals surface area contributed by atoms with Gasteiger partial charge in [0, 0.05) is 23.2 Å². The van der Waals surface area contributed by atoms with Crippen LogP contribution in [0.15, 0.2) is 40.6 Å². The maximum Gasteiger partial charge on any atom is 0.246 e. The Kier molecular flexibility index (Phi) is 4.65. The van der Waals surface area contributed by atoms with E-state index in [1.807, 2.05) is 17.5 Å². The van der Waals surface area contributed by atoms with E-state index in [2.05, 4.69) is 0 Å². The molecule has 1 heterocycles. The van der Waals surface area contributed by atoms with Crippen molar-refractivity contribution in [2.24, 2.45) is 0 Å². The molecule has 0 spiro atoms. The molecule has 0 aliphatic carbocycles. The van der Waals surface area contributed by atoms with E-state index in [4.69, 9.17) is 5.73 Å².